The summed E-state index contributed by atoms with van der Waals surface area (Å²) in [5, 5.41) is 5.88. The van der Waals surface area contributed by atoms with E-state index in [1.807, 2.05) is 55.5 Å². The Morgan fingerprint density at radius 3 is 2.36 bits per heavy atom. The molecule has 1 atom stereocenters. The molecule has 0 aliphatic rings. The highest BCUT2D eigenvalue weighted by atomic mass is 16.2. The minimum absolute atomic E-state index is 0.0192. The van der Waals surface area contributed by atoms with Crippen LogP contribution in [-0.2, 0) is 4.79 Å². The third-order valence-corrected chi connectivity index (χ3v) is 4.14. The predicted octanol–water partition coefficient (Wildman–Crippen LogP) is 3.77. The summed E-state index contributed by atoms with van der Waals surface area (Å²) in [6.07, 6.45) is 2.15. The molecule has 0 heterocycles. The van der Waals surface area contributed by atoms with Crippen molar-refractivity contribution in [2.24, 2.45) is 0 Å². The lowest BCUT2D eigenvalue weighted by atomic mass is 10.0. The number of hydrogen-bond donors (Lipinski definition) is 2. The molecule has 2 rings (SSSR count). The van der Waals surface area contributed by atoms with Gasteiger partial charge in [-0.25, -0.2) is 0 Å². The van der Waals surface area contributed by atoms with Gasteiger partial charge >= 0.3 is 0 Å². The summed E-state index contributed by atoms with van der Waals surface area (Å²) in [6, 6.07) is 17.4. The topological polar surface area (TPSA) is 58.2 Å². The molecule has 4 heteroatoms. The molecule has 0 saturated carbocycles. The maximum atomic E-state index is 12.2. The first-order valence-corrected chi connectivity index (χ1v) is 8.80. The van der Waals surface area contributed by atoms with Gasteiger partial charge in [-0.2, -0.15) is 0 Å². The SMILES string of the molecule is CCC[C@@H](NC(=O)CCNC(=O)c1ccccc1C)c1ccccc1. The van der Waals surface area contributed by atoms with Crippen molar-refractivity contribution in [2.75, 3.05) is 6.54 Å². The van der Waals surface area contributed by atoms with Crippen LogP contribution in [-0.4, -0.2) is 18.4 Å². The molecule has 0 saturated heterocycles. The summed E-state index contributed by atoms with van der Waals surface area (Å²) >= 11 is 0. The molecule has 25 heavy (non-hydrogen) atoms. The lowest BCUT2D eigenvalue weighted by molar-refractivity contribution is -0.121. The van der Waals surface area contributed by atoms with Crippen LogP contribution in [0.4, 0.5) is 0 Å². The van der Waals surface area contributed by atoms with Crippen molar-refractivity contribution in [3.05, 3.63) is 71.3 Å². The van der Waals surface area contributed by atoms with Gasteiger partial charge in [-0.1, -0.05) is 61.9 Å². The van der Waals surface area contributed by atoms with E-state index in [0.717, 1.165) is 24.0 Å². The number of hydrogen-bond acceptors (Lipinski definition) is 2. The van der Waals surface area contributed by atoms with Crippen molar-refractivity contribution in [1.82, 2.24) is 10.6 Å². The molecule has 0 fully saturated rings. The molecule has 0 aliphatic carbocycles. The van der Waals surface area contributed by atoms with Crippen LogP contribution in [0.1, 0.15) is 53.7 Å². The van der Waals surface area contributed by atoms with Crippen LogP contribution in [0.2, 0.25) is 0 Å². The van der Waals surface area contributed by atoms with E-state index in [2.05, 4.69) is 17.6 Å². The maximum absolute atomic E-state index is 12.2. The first-order chi connectivity index (χ1) is 12.1. The van der Waals surface area contributed by atoms with Gasteiger partial charge < -0.3 is 10.6 Å². The maximum Gasteiger partial charge on any atom is 0.251 e. The lowest BCUT2D eigenvalue weighted by Crippen LogP contribution is -2.33. The van der Waals surface area contributed by atoms with Crippen LogP contribution < -0.4 is 10.6 Å². The fourth-order valence-electron chi connectivity index (χ4n) is 2.78. The standard InChI is InChI=1S/C21H26N2O2/c1-3-9-19(17-11-5-4-6-12-17)23-20(24)14-15-22-21(25)18-13-8-7-10-16(18)2/h4-8,10-13,19H,3,9,14-15H2,1-2H3,(H,22,25)(H,23,24)/t19-/m1/s1. The second kappa shape index (κ2) is 9.62. The molecular weight excluding hydrogens is 312 g/mol. The van der Waals surface area contributed by atoms with Crippen LogP contribution in [0.3, 0.4) is 0 Å². The van der Waals surface area contributed by atoms with E-state index in [1.54, 1.807) is 6.07 Å². The Balaban J connectivity index is 1.83. The van der Waals surface area contributed by atoms with Gasteiger partial charge in [0.1, 0.15) is 0 Å². The largest absolute Gasteiger partial charge is 0.352 e. The molecule has 4 nitrogen and oxygen atoms in total. The first kappa shape index (κ1) is 18.7. The van der Waals surface area contributed by atoms with E-state index in [9.17, 15) is 9.59 Å². The Morgan fingerprint density at radius 2 is 1.68 bits per heavy atom. The third-order valence-electron chi connectivity index (χ3n) is 4.14. The van der Waals surface area contributed by atoms with E-state index in [0.29, 0.717) is 12.1 Å². The van der Waals surface area contributed by atoms with Gasteiger partial charge in [0.2, 0.25) is 5.91 Å². The summed E-state index contributed by atoms with van der Waals surface area (Å²) in [5.74, 6) is -0.188. The van der Waals surface area contributed by atoms with Gasteiger partial charge in [-0.3, -0.25) is 9.59 Å². The molecule has 0 bridgehead atoms. The summed E-state index contributed by atoms with van der Waals surface area (Å²) in [4.78, 5) is 24.4. The van der Waals surface area contributed by atoms with Crippen LogP contribution in [0, 0.1) is 6.92 Å². The molecule has 132 valence electrons. The minimum atomic E-state index is -0.140. The van der Waals surface area contributed by atoms with Crippen molar-refractivity contribution in [3.8, 4) is 0 Å². The molecule has 0 unspecified atom stereocenters. The predicted molar refractivity (Wildman–Crippen MR) is 100 cm³/mol. The molecule has 2 N–H and O–H groups in total. The average Bonchev–Trinajstić information content (AvgIpc) is 2.62. The molecule has 0 radical (unpaired) electrons. The van der Waals surface area contributed by atoms with Gasteiger partial charge in [0.15, 0.2) is 0 Å². The number of carbonyl (C=O) groups is 2. The van der Waals surface area contributed by atoms with Crippen molar-refractivity contribution < 1.29 is 9.59 Å². The number of carbonyl (C=O) groups excluding carboxylic acids is 2. The quantitative estimate of drug-likeness (QED) is 0.770. The van der Waals surface area contributed by atoms with Crippen LogP contribution in [0.15, 0.2) is 54.6 Å². The Morgan fingerprint density at radius 1 is 1.00 bits per heavy atom. The highest BCUT2D eigenvalue weighted by Crippen LogP contribution is 2.18. The van der Waals surface area contributed by atoms with Gasteiger partial charge in [0, 0.05) is 18.5 Å². The van der Waals surface area contributed by atoms with Gasteiger partial charge in [0.05, 0.1) is 6.04 Å². The summed E-state index contributed by atoms with van der Waals surface area (Å²) in [7, 11) is 0. The van der Waals surface area contributed by atoms with Crippen molar-refractivity contribution in [1.29, 1.82) is 0 Å². The number of benzene rings is 2. The van der Waals surface area contributed by atoms with E-state index in [1.165, 1.54) is 0 Å². The number of nitrogens with one attached hydrogen (secondary N) is 2. The van der Waals surface area contributed by atoms with Crippen LogP contribution >= 0.6 is 0 Å². The average molecular weight is 338 g/mol. The van der Waals surface area contributed by atoms with Crippen LogP contribution in [0.25, 0.3) is 0 Å². The molecule has 0 aliphatic heterocycles. The van der Waals surface area contributed by atoms with Gasteiger partial charge in [-0.15, -0.1) is 0 Å². The zero-order chi connectivity index (χ0) is 18.1. The third kappa shape index (κ3) is 5.75. The lowest BCUT2D eigenvalue weighted by Gasteiger charge is -2.18. The first-order valence-electron chi connectivity index (χ1n) is 8.80. The highest BCUT2D eigenvalue weighted by molar-refractivity contribution is 5.95. The van der Waals surface area contributed by atoms with E-state index < -0.39 is 0 Å². The number of aryl methyl sites for hydroxylation is 1. The summed E-state index contributed by atoms with van der Waals surface area (Å²) in [6.45, 7) is 4.33. The normalized spacial score (nSPS) is 11.6. The second-order valence-corrected chi connectivity index (χ2v) is 6.14. The zero-order valence-corrected chi connectivity index (χ0v) is 14.9. The number of rotatable bonds is 8. The minimum Gasteiger partial charge on any atom is -0.352 e. The van der Waals surface area contributed by atoms with Crippen LogP contribution in [0.5, 0.6) is 0 Å². The van der Waals surface area contributed by atoms with Crippen molar-refractivity contribution in [2.45, 2.75) is 39.2 Å². The van der Waals surface area contributed by atoms with Gasteiger partial charge in [-0.05, 0) is 30.5 Å². The Labute approximate surface area is 149 Å². The van der Waals surface area contributed by atoms with Crippen molar-refractivity contribution in [3.63, 3.8) is 0 Å². The number of amides is 2. The Kier molecular flexibility index (Phi) is 7.20. The molecular formula is C21H26N2O2. The monoisotopic (exact) mass is 338 g/mol. The summed E-state index contributed by atoms with van der Waals surface area (Å²) in [5.41, 5.74) is 2.69. The Hall–Kier alpha value is -2.62. The fourth-order valence-corrected chi connectivity index (χ4v) is 2.78. The highest BCUT2D eigenvalue weighted by Gasteiger charge is 2.14. The van der Waals surface area contributed by atoms with Gasteiger partial charge in [0.25, 0.3) is 5.91 Å². The van der Waals surface area contributed by atoms with E-state index in [4.69, 9.17) is 0 Å². The molecule has 2 aromatic carbocycles. The fraction of sp³-hybridized carbons (Fsp3) is 0.333. The molecule has 0 aromatic heterocycles. The molecule has 2 amide bonds. The van der Waals surface area contributed by atoms with E-state index >= 15 is 0 Å². The molecule has 0 spiro atoms. The summed E-state index contributed by atoms with van der Waals surface area (Å²) < 4.78 is 0. The zero-order valence-electron chi connectivity index (χ0n) is 14.9. The smallest absolute Gasteiger partial charge is 0.251 e. The van der Waals surface area contributed by atoms with Crippen molar-refractivity contribution >= 4 is 11.8 Å². The Bertz CT molecular complexity index is 698. The second-order valence-electron chi connectivity index (χ2n) is 6.14. The molecule has 2 aromatic rings. The van der Waals surface area contributed by atoms with E-state index in [-0.39, 0.29) is 24.3 Å².